The van der Waals surface area contributed by atoms with Crippen molar-refractivity contribution in [1.29, 1.82) is 0 Å². The third-order valence-electron chi connectivity index (χ3n) is 21.4. The predicted octanol–water partition coefficient (Wildman–Crippen LogP) is 17.5. The SMILES string of the molecule is CCCCCCCCCCCCCCCC(O)CC(=O)NC1C(OP(C)(=O)O)OC(CO[C@@H]2OC(CO)[C@@H](O)[C@H](OC(=O)CC(CCCCCCCCCCC)OC(=O)CCCCCCCCCCC)C2NC(=O)CC(O)CCCCCCCCCCC)[C@@H](O)[C@@H]1OC(=O)CC(O)CCCCCCCCCCC. The van der Waals surface area contributed by atoms with Crippen LogP contribution in [-0.4, -0.2) is 171 Å². The van der Waals surface area contributed by atoms with E-state index in [0.717, 1.165) is 161 Å². The van der Waals surface area contributed by atoms with Crippen molar-refractivity contribution in [3.63, 3.8) is 0 Å². The van der Waals surface area contributed by atoms with Gasteiger partial charge in [-0.25, -0.2) is 0 Å². The van der Waals surface area contributed by atoms with Crippen LogP contribution in [0.2, 0.25) is 0 Å². The molecule has 0 aliphatic carbocycles. The summed E-state index contributed by atoms with van der Waals surface area (Å²) in [5.74, 6) is -3.85. The van der Waals surface area contributed by atoms with Gasteiger partial charge in [0.2, 0.25) is 11.8 Å². The van der Waals surface area contributed by atoms with Crippen LogP contribution in [0, 0.1) is 0 Å². The maximum absolute atomic E-state index is 14.5. The third kappa shape index (κ3) is 51.8. The number of carbonyl (C=O) groups is 5. The second-order valence-corrected chi connectivity index (χ2v) is 33.8. The van der Waals surface area contributed by atoms with Crippen LogP contribution in [0.25, 0.3) is 0 Å². The number of carbonyl (C=O) groups excluding carboxylic acids is 5. The third-order valence-corrected chi connectivity index (χ3v) is 22.0. The molecule has 15 atom stereocenters. The minimum Gasteiger partial charge on any atom is -0.462 e. The Morgan fingerprint density at radius 1 is 0.389 bits per heavy atom. The molecule has 0 radical (unpaired) electrons. The first-order valence-corrected chi connectivity index (χ1v) is 46.3. The van der Waals surface area contributed by atoms with Crippen LogP contribution in [0.3, 0.4) is 0 Å². The fourth-order valence-electron chi connectivity index (χ4n) is 14.8. The summed E-state index contributed by atoms with van der Waals surface area (Å²) in [7, 11) is -4.58. The van der Waals surface area contributed by atoms with Crippen molar-refractivity contribution in [2.24, 2.45) is 0 Å². The second-order valence-electron chi connectivity index (χ2n) is 31.9. The van der Waals surface area contributed by atoms with Gasteiger partial charge in [-0.2, -0.15) is 0 Å². The average molecular weight is 1560 g/mol. The first kappa shape index (κ1) is 101. The molecule has 636 valence electrons. The van der Waals surface area contributed by atoms with Crippen molar-refractivity contribution in [1.82, 2.24) is 10.6 Å². The zero-order chi connectivity index (χ0) is 79.3. The van der Waals surface area contributed by atoms with Gasteiger partial charge in [0.05, 0.1) is 57.2 Å². The highest BCUT2D eigenvalue weighted by molar-refractivity contribution is 7.51. The second kappa shape index (κ2) is 66.4. The Labute approximate surface area is 654 Å². The van der Waals surface area contributed by atoms with Crippen molar-refractivity contribution in [2.45, 2.75) is 493 Å². The van der Waals surface area contributed by atoms with Crippen molar-refractivity contribution >= 4 is 37.3 Å². The first-order valence-electron chi connectivity index (χ1n) is 44.3. The Morgan fingerprint density at radius 3 is 1.04 bits per heavy atom. The zero-order valence-electron chi connectivity index (χ0n) is 68.9. The summed E-state index contributed by atoms with van der Waals surface area (Å²) < 4.78 is 55.8. The van der Waals surface area contributed by atoms with E-state index in [2.05, 4.69) is 45.3 Å². The minimum atomic E-state index is -4.58. The topological polar surface area (TPSA) is 333 Å². The molecular weight excluding hydrogens is 1400 g/mol. The van der Waals surface area contributed by atoms with E-state index < -0.39 is 162 Å². The van der Waals surface area contributed by atoms with E-state index in [0.29, 0.717) is 51.4 Å². The number of rotatable bonds is 73. The lowest BCUT2D eigenvalue weighted by atomic mass is 9.95. The van der Waals surface area contributed by atoms with Crippen LogP contribution < -0.4 is 10.6 Å². The standard InChI is InChI=1S/C85H161N2O20P/c1-7-12-17-22-27-32-33-34-35-40-43-47-52-57-68(90)62-74(93)87-79-83(105-76(95)63-69(91)58-53-48-42-37-29-24-19-14-9-3)81(98)72(104-85(79)107-108(6,99)100)66-101-84-78(86-73(92)61-67(89)56-51-46-41-36-28-23-18-13-8-2)82(80(97)71(65-88)103-84)106-77(96)64-70(59-54-49-44-38-30-25-20-15-10-4)102-75(94)60-55-50-45-39-31-26-21-16-11-5/h67-72,78-85,88-91,97-98H,7-66H2,1-6H3,(H,86,92)(H,87,93)(H,99,100)/t67?,68?,69?,70?,71?,72?,78?,79?,80-,81-,82-,83-,84-,85?/m1/s1. The summed E-state index contributed by atoms with van der Waals surface area (Å²) >= 11 is 0. The monoisotopic (exact) mass is 1560 g/mol. The molecule has 0 bridgehead atoms. The van der Waals surface area contributed by atoms with E-state index in [4.69, 9.17) is 32.9 Å². The quantitative estimate of drug-likeness (QED) is 0.0118. The van der Waals surface area contributed by atoms with Crippen molar-refractivity contribution in [3.05, 3.63) is 0 Å². The largest absolute Gasteiger partial charge is 0.462 e. The lowest BCUT2D eigenvalue weighted by Crippen LogP contribution is -2.67. The molecular formula is C85H161N2O20P. The normalized spacial score (nSPS) is 21.9. The van der Waals surface area contributed by atoms with Gasteiger partial charge in [0.1, 0.15) is 42.6 Å². The molecule has 0 spiro atoms. The van der Waals surface area contributed by atoms with Crippen molar-refractivity contribution in [2.75, 3.05) is 19.9 Å². The predicted molar refractivity (Wildman–Crippen MR) is 427 cm³/mol. The molecule has 10 unspecified atom stereocenters. The fraction of sp³-hybridized carbons (Fsp3) is 0.941. The van der Waals surface area contributed by atoms with Gasteiger partial charge < -0.3 is 74.6 Å². The van der Waals surface area contributed by atoms with Crippen molar-refractivity contribution in [3.8, 4) is 0 Å². The number of hydrogen-bond donors (Lipinski definition) is 9. The highest BCUT2D eigenvalue weighted by atomic mass is 31.2. The van der Waals surface area contributed by atoms with E-state index in [1.165, 1.54) is 128 Å². The molecule has 2 saturated heterocycles. The number of nitrogens with one attached hydrogen (secondary N) is 2. The van der Waals surface area contributed by atoms with Gasteiger partial charge >= 0.3 is 25.5 Å². The number of unbranched alkanes of at least 4 members (excludes halogenated alkanes) is 44. The molecule has 108 heavy (non-hydrogen) atoms. The zero-order valence-corrected chi connectivity index (χ0v) is 69.8. The van der Waals surface area contributed by atoms with E-state index in [1.807, 2.05) is 0 Å². The Morgan fingerprint density at radius 2 is 0.685 bits per heavy atom. The van der Waals surface area contributed by atoms with E-state index >= 15 is 0 Å². The van der Waals surface area contributed by atoms with Crippen LogP contribution in [0.4, 0.5) is 0 Å². The van der Waals surface area contributed by atoms with Gasteiger partial charge in [0.15, 0.2) is 24.8 Å². The number of esters is 3. The average Bonchev–Trinajstić information content (AvgIpc) is 0.787. The van der Waals surface area contributed by atoms with Gasteiger partial charge in [-0.15, -0.1) is 0 Å². The van der Waals surface area contributed by atoms with Crippen molar-refractivity contribution < 1.29 is 97.0 Å². The molecule has 0 saturated carbocycles. The summed E-state index contributed by atoms with van der Waals surface area (Å²) in [5.41, 5.74) is 0. The van der Waals surface area contributed by atoms with Gasteiger partial charge in [-0.3, -0.25) is 33.1 Å². The Hall–Kier alpha value is -2.86. The van der Waals surface area contributed by atoms with Crippen LogP contribution in [-0.2, 0) is 61.5 Å². The molecule has 0 aromatic heterocycles. The smallest absolute Gasteiger partial charge is 0.327 e. The lowest BCUT2D eigenvalue weighted by molar-refractivity contribution is -0.297. The summed E-state index contributed by atoms with van der Waals surface area (Å²) in [6, 6.07) is -3.30. The van der Waals surface area contributed by atoms with Crippen LogP contribution in [0.5, 0.6) is 0 Å². The summed E-state index contributed by atoms with van der Waals surface area (Å²) in [4.78, 5) is 81.2. The molecule has 2 heterocycles. The highest BCUT2D eigenvalue weighted by Gasteiger charge is 2.53. The molecule has 23 heteroatoms. The fourth-order valence-corrected chi connectivity index (χ4v) is 15.4. The minimum absolute atomic E-state index is 0.170. The van der Waals surface area contributed by atoms with E-state index in [9.17, 15) is 64.1 Å². The lowest BCUT2D eigenvalue weighted by Gasteiger charge is -2.46. The number of hydrogen-bond acceptors (Lipinski definition) is 19. The molecule has 2 rings (SSSR count). The maximum atomic E-state index is 14.5. The molecule has 2 amide bonds. The Bertz CT molecular complexity index is 2250. The molecule has 2 aliphatic rings. The van der Waals surface area contributed by atoms with Gasteiger partial charge in [-0.05, 0) is 38.5 Å². The molecule has 2 fully saturated rings. The first-order chi connectivity index (χ1) is 52.2. The number of aliphatic hydroxyl groups excluding tert-OH is 6. The number of aliphatic hydroxyl groups is 6. The summed E-state index contributed by atoms with van der Waals surface area (Å²) in [6.45, 7) is 10.2. The molecule has 0 aromatic rings. The maximum Gasteiger partial charge on any atom is 0.327 e. The van der Waals surface area contributed by atoms with Gasteiger partial charge in [-0.1, -0.05) is 336 Å². The number of ether oxygens (including phenoxy) is 6. The van der Waals surface area contributed by atoms with Gasteiger partial charge in [0.25, 0.3) is 0 Å². The van der Waals surface area contributed by atoms with Crippen LogP contribution in [0.1, 0.15) is 407 Å². The summed E-state index contributed by atoms with van der Waals surface area (Å²) in [5, 5.41) is 74.3. The van der Waals surface area contributed by atoms with Gasteiger partial charge in [0, 0.05) is 13.1 Å². The van der Waals surface area contributed by atoms with E-state index in [1.54, 1.807) is 0 Å². The van der Waals surface area contributed by atoms with E-state index in [-0.39, 0.29) is 12.8 Å². The molecule has 22 nitrogen and oxygen atoms in total. The highest BCUT2D eigenvalue weighted by Crippen LogP contribution is 2.42. The summed E-state index contributed by atoms with van der Waals surface area (Å²) in [6.07, 6.45) is 33.6. The molecule has 2 aliphatic heterocycles. The Balaban J connectivity index is 2.53. The van der Waals surface area contributed by atoms with Crippen LogP contribution in [0.15, 0.2) is 0 Å². The Kier molecular flexibility index (Phi) is 62.3. The molecule has 9 N–H and O–H groups in total. The number of amides is 2. The molecule has 0 aromatic carbocycles. The van der Waals surface area contributed by atoms with Crippen LogP contribution >= 0.6 is 7.60 Å².